The quantitative estimate of drug-likeness (QED) is 0.786. The highest BCUT2D eigenvalue weighted by Gasteiger charge is 2.12. The Balaban J connectivity index is 1.96. The average molecular weight is 325 g/mol. The summed E-state index contributed by atoms with van der Waals surface area (Å²) in [5, 5.41) is 2.87. The molecular weight excluding hydrogens is 301 g/mol. The third kappa shape index (κ3) is 5.05. The number of hydrogen-bond acceptors (Lipinski definition) is 1. The van der Waals surface area contributed by atoms with Gasteiger partial charge in [-0.05, 0) is 47.2 Å². The number of carbonyl (C=O) groups is 1. The first-order valence-electron chi connectivity index (χ1n) is 8.10. The van der Waals surface area contributed by atoms with Crippen molar-refractivity contribution in [3.05, 3.63) is 77.1 Å². The third-order valence-corrected chi connectivity index (χ3v) is 3.93. The first kappa shape index (κ1) is 17.9. The molecule has 0 aromatic heterocycles. The molecule has 0 bridgehead atoms. The maximum atomic E-state index is 12.9. The van der Waals surface area contributed by atoms with Gasteiger partial charge in [-0.15, -0.1) is 0 Å². The molecule has 2 rings (SSSR count). The van der Waals surface area contributed by atoms with Gasteiger partial charge in [0.15, 0.2) is 0 Å². The van der Waals surface area contributed by atoms with Crippen LogP contribution in [0.5, 0.6) is 0 Å². The maximum Gasteiger partial charge on any atom is 0.244 e. The van der Waals surface area contributed by atoms with Gasteiger partial charge >= 0.3 is 0 Å². The van der Waals surface area contributed by atoms with Crippen molar-refractivity contribution in [2.45, 2.75) is 39.2 Å². The highest BCUT2D eigenvalue weighted by atomic mass is 19.1. The van der Waals surface area contributed by atoms with Crippen LogP contribution in [-0.2, 0) is 10.2 Å². The topological polar surface area (TPSA) is 29.1 Å². The van der Waals surface area contributed by atoms with E-state index in [4.69, 9.17) is 0 Å². The molecule has 0 spiro atoms. The molecule has 0 saturated carbocycles. The van der Waals surface area contributed by atoms with Gasteiger partial charge in [0.1, 0.15) is 5.82 Å². The standard InChI is InChI=1S/C21H24FNO/c1-15(17-8-12-19(22)13-9-17)23-20(24)14-7-16-5-10-18(11-6-16)21(2,3)4/h5-15H,1-4H3,(H,23,24)/b14-7+/t15-/m1/s1. The summed E-state index contributed by atoms with van der Waals surface area (Å²) in [6.45, 7) is 8.38. The summed E-state index contributed by atoms with van der Waals surface area (Å²) in [5.74, 6) is -0.456. The Morgan fingerprint density at radius 1 is 1.04 bits per heavy atom. The number of nitrogens with one attached hydrogen (secondary N) is 1. The van der Waals surface area contributed by atoms with Crippen LogP contribution in [-0.4, -0.2) is 5.91 Å². The molecular formula is C21H24FNO. The fourth-order valence-electron chi connectivity index (χ4n) is 2.36. The molecule has 2 nitrogen and oxygen atoms in total. The van der Waals surface area contributed by atoms with E-state index in [1.165, 1.54) is 23.8 Å². The van der Waals surface area contributed by atoms with Crippen LogP contribution in [0.2, 0.25) is 0 Å². The number of amides is 1. The van der Waals surface area contributed by atoms with Crippen molar-refractivity contribution in [2.24, 2.45) is 0 Å². The predicted molar refractivity (Wildman–Crippen MR) is 97.1 cm³/mol. The fraction of sp³-hybridized carbons (Fsp3) is 0.286. The summed E-state index contributed by atoms with van der Waals surface area (Å²) in [6.07, 6.45) is 3.31. The van der Waals surface area contributed by atoms with Gasteiger partial charge in [-0.25, -0.2) is 4.39 Å². The Labute approximate surface area is 143 Å². The molecule has 0 heterocycles. The Bertz CT molecular complexity index is 709. The van der Waals surface area contributed by atoms with Gasteiger partial charge in [0.2, 0.25) is 5.91 Å². The van der Waals surface area contributed by atoms with Crippen molar-refractivity contribution in [1.29, 1.82) is 0 Å². The molecule has 0 aliphatic carbocycles. The van der Waals surface area contributed by atoms with Gasteiger partial charge in [-0.1, -0.05) is 57.2 Å². The maximum absolute atomic E-state index is 12.9. The minimum Gasteiger partial charge on any atom is -0.346 e. The minimum atomic E-state index is -0.282. The van der Waals surface area contributed by atoms with Gasteiger partial charge in [-0.3, -0.25) is 4.79 Å². The van der Waals surface area contributed by atoms with E-state index in [9.17, 15) is 9.18 Å². The molecule has 2 aromatic carbocycles. The van der Waals surface area contributed by atoms with E-state index in [0.717, 1.165) is 11.1 Å². The molecule has 0 saturated heterocycles. The van der Waals surface area contributed by atoms with Crippen LogP contribution in [0.15, 0.2) is 54.6 Å². The molecule has 0 fully saturated rings. The normalized spacial score (nSPS) is 13.0. The van der Waals surface area contributed by atoms with E-state index in [1.54, 1.807) is 18.2 Å². The Hall–Kier alpha value is -2.42. The SMILES string of the molecule is C[C@@H](NC(=O)/C=C/c1ccc(C(C)(C)C)cc1)c1ccc(F)cc1. The largest absolute Gasteiger partial charge is 0.346 e. The summed E-state index contributed by atoms with van der Waals surface area (Å²) < 4.78 is 12.9. The molecule has 2 aromatic rings. The second-order valence-corrected chi connectivity index (χ2v) is 6.99. The van der Waals surface area contributed by atoms with E-state index in [2.05, 4.69) is 38.2 Å². The molecule has 0 radical (unpaired) electrons. The van der Waals surface area contributed by atoms with Crippen molar-refractivity contribution < 1.29 is 9.18 Å². The molecule has 126 valence electrons. The molecule has 1 N–H and O–H groups in total. The van der Waals surface area contributed by atoms with Crippen molar-refractivity contribution in [2.75, 3.05) is 0 Å². The van der Waals surface area contributed by atoms with Crippen molar-refractivity contribution in [1.82, 2.24) is 5.32 Å². The fourth-order valence-corrected chi connectivity index (χ4v) is 2.36. The molecule has 0 aliphatic rings. The Kier molecular flexibility index (Phi) is 5.55. The van der Waals surface area contributed by atoms with Gasteiger partial charge < -0.3 is 5.32 Å². The first-order chi connectivity index (χ1) is 11.3. The Morgan fingerprint density at radius 2 is 1.62 bits per heavy atom. The summed E-state index contributed by atoms with van der Waals surface area (Å²) >= 11 is 0. The van der Waals surface area contributed by atoms with Crippen LogP contribution in [0.25, 0.3) is 6.08 Å². The zero-order chi connectivity index (χ0) is 17.7. The summed E-state index contributed by atoms with van der Waals surface area (Å²) in [7, 11) is 0. The first-order valence-corrected chi connectivity index (χ1v) is 8.10. The summed E-state index contributed by atoms with van der Waals surface area (Å²) in [6, 6.07) is 14.1. The second-order valence-electron chi connectivity index (χ2n) is 6.99. The highest BCUT2D eigenvalue weighted by Crippen LogP contribution is 2.22. The molecule has 24 heavy (non-hydrogen) atoms. The van der Waals surface area contributed by atoms with Gasteiger partial charge in [0.05, 0.1) is 6.04 Å². The van der Waals surface area contributed by atoms with E-state index in [-0.39, 0.29) is 23.2 Å². The number of carbonyl (C=O) groups excluding carboxylic acids is 1. The van der Waals surface area contributed by atoms with E-state index < -0.39 is 0 Å². The molecule has 0 aliphatic heterocycles. The lowest BCUT2D eigenvalue weighted by Crippen LogP contribution is -2.24. The lowest BCUT2D eigenvalue weighted by molar-refractivity contribution is -0.117. The van der Waals surface area contributed by atoms with Crippen LogP contribution < -0.4 is 5.32 Å². The zero-order valence-electron chi connectivity index (χ0n) is 14.6. The second kappa shape index (κ2) is 7.43. The van der Waals surface area contributed by atoms with Crippen LogP contribution in [0.1, 0.15) is 50.4 Å². The van der Waals surface area contributed by atoms with Gasteiger partial charge in [-0.2, -0.15) is 0 Å². The predicted octanol–water partition coefficient (Wildman–Crippen LogP) is 5.01. The van der Waals surface area contributed by atoms with E-state index >= 15 is 0 Å². The van der Waals surface area contributed by atoms with Crippen molar-refractivity contribution in [3.63, 3.8) is 0 Å². The zero-order valence-corrected chi connectivity index (χ0v) is 14.6. The number of halogens is 1. The van der Waals surface area contributed by atoms with Crippen LogP contribution >= 0.6 is 0 Å². The molecule has 3 heteroatoms. The number of hydrogen-bond donors (Lipinski definition) is 1. The van der Waals surface area contributed by atoms with Crippen LogP contribution in [0, 0.1) is 5.82 Å². The molecule has 0 unspecified atom stereocenters. The summed E-state index contributed by atoms with van der Waals surface area (Å²) in [4.78, 5) is 12.0. The number of benzene rings is 2. The van der Waals surface area contributed by atoms with Crippen LogP contribution in [0.4, 0.5) is 4.39 Å². The van der Waals surface area contributed by atoms with Crippen molar-refractivity contribution in [3.8, 4) is 0 Å². The lowest BCUT2D eigenvalue weighted by Gasteiger charge is -2.18. The lowest BCUT2D eigenvalue weighted by atomic mass is 9.87. The Morgan fingerprint density at radius 3 is 2.17 bits per heavy atom. The van der Waals surface area contributed by atoms with E-state index in [1.807, 2.05) is 19.1 Å². The highest BCUT2D eigenvalue weighted by molar-refractivity contribution is 5.91. The third-order valence-electron chi connectivity index (χ3n) is 3.93. The van der Waals surface area contributed by atoms with E-state index in [0.29, 0.717) is 0 Å². The number of rotatable bonds is 4. The van der Waals surface area contributed by atoms with Gasteiger partial charge in [0.25, 0.3) is 0 Å². The molecule has 1 atom stereocenters. The average Bonchev–Trinajstić information content (AvgIpc) is 2.53. The minimum absolute atomic E-state index is 0.115. The van der Waals surface area contributed by atoms with Gasteiger partial charge in [0, 0.05) is 6.08 Å². The van der Waals surface area contributed by atoms with Crippen LogP contribution in [0.3, 0.4) is 0 Å². The van der Waals surface area contributed by atoms with Crippen molar-refractivity contribution >= 4 is 12.0 Å². The summed E-state index contributed by atoms with van der Waals surface area (Å²) in [5.41, 5.74) is 3.22. The smallest absolute Gasteiger partial charge is 0.244 e. The molecule has 1 amide bonds. The monoisotopic (exact) mass is 325 g/mol.